The Morgan fingerprint density at radius 3 is 2.62 bits per heavy atom. The average molecular weight is 334 g/mol. The second-order valence-electron chi connectivity index (χ2n) is 4.73. The summed E-state index contributed by atoms with van der Waals surface area (Å²) in [5.41, 5.74) is 1.24. The Balaban J connectivity index is 1.75. The first-order chi connectivity index (χ1) is 10.2. The van der Waals surface area contributed by atoms with Gasteiger partial charge >= 0.3 is 0 Å². The molecule has 6 heteroatoms. The summed E-state index contributed by atoms with van der Waals surface area (Å²) in [6, 6.07) is 10.3. The molecule has 1 atom stereocenters. The maximum Gasteiger partial charge on any atom is 0.179 e. The molecule has 0 spiro atoms. The van der Waals surface area contributed by atoms with Gasteiger partial charge in [0.1, 0.15) is 0 Å². The number of hydrogen-bond acceptors (Lipinski definition) is 6. The van der Waals surface area contributed by atoms with Crippen molar-refractivity contribution in [2.45, 2.75) is 27.4 Å². The zero-order chi connectivity index (χ0) is 14.7. The number of aromatic nitrogens is 2. The fourth-order valence-electron chi connectivity index (χ4n) is 2.32. The highest BCUT2D eigenvalue weighted by molar-refractivity contribution is 8.05. The second kappa shape index (κ2) is 6.77. The van der Waals surface area contributed by atoms with Crippen LogP contribution in [-0.2, 0) is 4.79 Å². The minimum absolute atomic E-state index is 0.201. The number of carbonyl (C=O) groups excluding carboxylic acids is 1. The first-order valence-corrected chi connectivity index (χ1v) is 9.44. The summed E-state index contributed by atoms with van der Waals surface area (Å²) >= 11 is 4.75. The van der Waals surface area contributed by atoms with Gasteiger partial charge in [0.15, 0.2) is 14.5 Å². The molecule has 1 heterocycles. The molecule has 3 nitrogen and oxygen atoms in total. The van der Waals surface area contributed by atoms with E-state index in [9.17, 15) is 4.79 Å². The Morgan fingerprint density at radius 1 is 1.14 bits per heavy atom. The Labute approximate surface area is 136 Å². The lowest BCUT2D eigenvalue weighted by Crippen LogP contribution is -2.11. The molecule has 1 aliphatic rings. The lowest BCUT2D eigenvalue weighted by atomic mass is 9.87. The molecule has 0 fully saturated rings. The Kier molecular flexibility index (Phi) is 4.77. The molecule has 0 saturated carbocycles. The number of nitrogens with zero attached hydrogens (tertiary/aromatic N) is 2. The molecule has 0 amide bonds. The molecule has 21 heavy (non-hydrogen) atoms. The summed E-state index contributed by atoms with van der Waals surface area (Å²) in [6.45, 7) is 0. The number of benzene rings is 1. The number of hydrogen-bond donors (Lipinski definition) is 0. The number of ketones is 1. The lowest BCUT2D eigenvalue weighted by molar-refractivity contribution is -0.115. The van der Waals surface area contributed by atoms with Gasteiger partial charge in [0, 0.05) is 6.42 Å². The van der Waals surface area contributed by atoms with Gasteiger partial charge in [0.05, 0.1) is 0 Å². The van der Waals surface area contributed by atoms with Gasteiger partial charge in [-0.1, -0.05) is 65.2 Å². The van der Waals surface area contributed by atoms with E-state index >= 15 is 0 Å². The number of rotatable bonds is 4. The summed E-state index contributed by atoms with van der Waals surface area (Å²) in [4.78, 5) is 13.1. The predicted octanol–water partition coefficient (Wildman–Crippen LogP) is 4.38. The molecule has 0 saturated heterocycles. The van der Waals surface area contributed by atoms with Crippen LogP contribution >= 0.6 is 34.9 Å². The van der Waals surface area contributed by atoms with Crippen molar-refractivity contribution in [1.29, 1.82) is 0 Å². The van der Waals surface area contributed by atoms with Crippen LogP contribution in [0.1, 0.15) is 24.3 Å². The van der Waals surface area contributed by atoms with Crippen molar-refractivity contribution in [3.05, 3.63) is 46.9 Å². The first-order valence-electron chi connectivity index (χ1n) is 6.58. The zero-order valence-electron chi connectivity index (χ0n) is 11.5. The Bertz CT molecular complexity index is 667. The Hall–Kier alpha value is -1.11. The summed E-state index contributed by atoms with van der Waals surface area (Å²) in [5.74, 6) is 0.478. The maximum absolute atomic E-state index is 12.0. The van der Waals surface area contributed by atoms with Gasteiger partial charge in [-0.25, -0.2) is 0 Å². The van der Waals surface area contributed by atoms with Crippen molar-refractivity contribution in [1.82, 2.24) is 10.2 Å². The van der Waals surface area contributed by atoms with Crippen LogP contribution in [-0.4, -0.2) is 22.2 Å². The SMILES string of the molecule is CSc1nnc(SC2=CC(=O)CC(c3ccccc3)C2)s1. The smallest absolute Gasteiger partial charge is 0.179 e. The van der Waals surface area contributed by atoms with Crippen LogP contribution in [0.4, 0.5) is 0 Å². The van der Waals surface area contributed by atoms with Crippen LogP contribution in [0, 0.1) is 0 Å². The van der Waals surface area contributed by atoms with Crippen LogP contribution in [0.15, 0.2) is 50.0 Å². The third-order valence-corrected chi connectivity index (χ3v) is 6.27. The highest BCUT2D eigenvalue weighted by Gasteiger charge is 2.23. The Morgan fingerprint density at radius 2 is 1.90 bits per heavy atom. The normalized spacial score (nSPS) is 18.6. The van der Waals surface area contributed by atoms with E-state index in [1.165, 1.54) is 5.56 Å². The van der Waals surface area contributed by atoms with Crippen molar-refractivity contribution in [2.75, 3.05) is 6.26 Å². The van der Waals surface area contributed by atoms with Gasteiger partial charge in [0.25, 0.3) is 0 Å². The number of carbonyl (C=O) groups is 1. The number of thioether (sulfide) groups is 2. The lowest BCUT2D eigenvalue weighted by Gasteiger charge is -2.21. The minimum atomic E-state index is 0.201. The van der Waals surface area contributed by atoms with Gasteiger partial charge < -0.3 is 0 Å². The second-order valence-corrected chi connectivity index (χ2v) is 8.14. The van der Waals surface area contributed by atoms with E-state index in [2.05, 4.69) is 22.3 Å². The van der Waals surface area contributed by atoms with Gasteiger partial charge in [-0.05, 0) is 35.1 Å². The zero-order valence-corrected chi connectivity index (χ0v) is 13.9. The summed E-state index contributed by atoms with van der Waals surface area (Å²) < 4.78 is 1.87. The molecule has 2 aromatic rings. The van der Waals surface area contributed by atoms with Crippen LogP contribution < -0.4 is 0 Å². The molecule has 0 aliphatic heterocycles. The average Bonchev–Trinajstić information content (AvgIpc) is 2.95. The molecule has 0 bridgehead atoms. The van der Waals surface area contributed by atoms with E-state index in [0.717, 1.165) is 20.0 Å². The van der Waals surface area contributed by atoms with Crippen molar-refractivity contribution in [2.24, 2.45) is 0 Å². The largest absolute Gasteiger partial charge is 0.295 e. The third-order valence-electron chi connectivity index (χ3n) is 3.27. The maximum atomic E-state index is 12.0. The van der Waals surface area contributed by atoms with E-state index in [1.807, 2.05) is 24.5 Å². The van der Waals surface area contributed by atoms with E-state index in [-0.39, 0.29) is 11.7 Å². The molecular weight excluding hydrogens is 320 g/mol. The van der Waals surface area contributed by atoms with Crippen LogP contribution in [0.2, 0.25) is 0 Å². The number of allylic oxidation sites excluding steroid dienone is 2. The third kappa shape index (κ3) is 3.75. The van der Waals surface area contributed by atoms with Crippen molar-refractivity contribution in [3.63, 3.8) is 0 Å². The molecule has 0 N–H and O–H groups in total. The van der Waals surface area contributed by atoms with Crippen molar-refractivity contribution < 1.29 is 4.79 Å². The monoisotopic (exact) mass is 334 g/mol. The molecule has 3 rings (SSSR count). The van der Waals surface area contributed by atoms with Gasteiger partial charge in [0.2, 0.25) is 0 Å². The fourth-order valence-corrected chi connectivity index (χ4v) is 4.99. The standard InChI is InChI=1S/C15H14N2OS3/c1-19-14-16-17-15(21-14)20-13-8-11(7-12(18)9-13)10-5-3-2-4-6-10/h2-6,9,11H,7-8H2,1H3. The minimum Gasteiger partial charge on any atom is -0.295 e. The first kappa shape index (κ1) is 14.8. The quantitative estimate of drug-likeness (QED) is 0.776. The molecule has 1 unspecified atom stereocenters. The highest BCUT2D eigenvalue weighted by Crippen LogP contribution is 2.40. The molecule has 1 aromatic carbocycles. The molecule has 108 valence electrons. The van der Waals surface area contributed by atoms with E-state index in [1.54, 1.807) is 40.9 Å². The van der Waals surface area contributed by atoms with Crippen molar-refractivity contribution >= 4 is 40.6 Å². The van der Waals surface area contributed by atoms with Gasteiger partial charge in [-0.15, -0.1) is 10.2 Å². The summed E-state index contributed by atoms with van der Waals surface area (Å²) in [7, 11) is 0. The molecule has 0 radical (unpaired) electrons. The van der Waals surface area contributed by atoms with E-state index in [0.29, 0.717) is 6.42 Å². The van der Waals surface area contributed by atoms with Gasteiger partial charge in [-0.3, -0.25) is 4.79 Å². The van der Waals surface area contributed by atoms with Crippen LogP contribution in [0.3, 0.4) is 0 Å². The van der Waals surface area contributed by atoms with E-state index < -0.39 is 0 Å². The summed E-state index contributed by atoms with van der Waals surface area (Å²) in [5, 5.41) is 8.26. The summed E-state index contributed by atoms with van der Waals surface area (Å²) in [6.07, 6.45) is 5.25. The highest BCUT2D eigenvalue weighted by atomic mass is 32.2. The van der Waals surface area contributed by atoms with Crippen LogP contribution in [0.5, 0.6) is 0 Å². The fraction of sp³-hybridized carbons (Fsp3) is 0.267. The molecular formula is C15H14N2OS3. The molecule has 1 aromatic heterocycles. The van der Waals surface area contributed by atoms with E-state index in [4.69, 9.17) is 0 Å². The topological polar surface area (TPSA) is 42.9 Å². The van der Waals surface area contributed by atoms with Crippen molar-refractivity contribution in [3.8, 4) is 0 Å². The van der Waals surface area contributed by atoms with Crippen LogP contribution in [0.25, 0.3) is 0 Å². The predicted molar refractivity (Wildman–Crippen MR) is 89.1 cm³/mol. The van der Waals surface area contributed by atoms with Gasteiger partial charge in [-0.2, -0.15) is 0 Å². The molecule has 1 aliphatic carbocycles.